The maximum absolute atomic E-state index is 10.5. The molecule has 0 saturated carbocycles. The summed E-state index contributed by atoms with van der Waals surface area (Å²) in [4.78, 5) is 21.9. The van der Waals surface area contributed by atoms with Gasteiger partial charge in [0.25, 0.3) is 5.91 Å². The van der Waals surface area contributed by atoms with E-state index in [1.54, 1.807) is 25.2 Å². The van der Waals surface area contributed by atoms with Crippen LogP contribution in [0.1, 0.15) is 0 Å². The molecule has 0 atom stereocenters. The second kappa shape index (κ2) is 4.55. The average molecular weight is 142 g/mol. The van der Waals surface area contributed by atoms with Crippen LogP contribution in [0.5, 0.6) is 0 Å². The SMILES string of the molecule is CN(C)/C=C\C(=O)NC=O. The molecule has 0 unspecified atom stereocenters. The Morgan fingerprint density at radius 3 is 2.50 bits per heavy atom. The van der Waals surface area contributed by atoms with Gasteiger partial charge in [0.1, 0.15) is 0 Å². The Kier molecular flexibility index (Phi) is 3.95. The van der Waals surface area contributed by atoms with Gasteiger partial charge in [0.2, 0.25) is 6.41 Å². The number of imide groups is 1. The molecule has 0 aromatic carbocycles. The van der Waals surface area contributed by atoms with Crippen molar-refractivity contribution in [2.24, 2.45) is 0 Å². The topological polar surface area (TPSA) is 49.4 Å². The van der Waals surface area contributed by atoms with Crippen LogP contribution in [0.2, 0.25) is 0 Å². The van der Waals surface area contributed by atoms with Crippen molar-refractivity contribution in [2.75, 3.05) is 14.1 Å². The Balaban J connectivity index is 3.66. The van der Waals surface area contributed by atoms with Gasteiger partial charge in [-0.25, -0.2) is 0 Å². The number of nitrogens with zero attached hydrogens (tertiary/aromatic N) is 1. The highest BCUT2D eigenvalue weighted by Crippen LogP contribution is 1.75. The van der Waals surface area contributed by atoms with Gasteiger partial charge in [0.15, 0.2) is 0 Å². The maximum Gasteiger partial charge on any atom is 0.251 e. The lowest BCUT2D eigenvalue weighted by Gasteiger charge is -2.01. The number of nitrogens with one attached hydrogen (secondary N) is 1. The Bertz CT molecular complexity index is 152. The Hall–Kier alpha value is -1.32. The minimum Gasteiger partial charge on any atom is -0.383 e. The van der Waals surface area contributed by atoms with Crippen molar-refractivity contribution in [2.45, 2.75) is 0 Å². The molecule has 0 aliphatic heterocycles. The van der Waals surface area contributed by atoms with Gasteiger partial charge in [0, 0.05) is 26.4 Å². The molecule has 0 aromatic rings. The third kappa shape index (κ3) is 4.83. The molecule has 0 saturated heterocycles. The predicted molar refractivity (Wildman–Crippen MR) is 37.0 cm³/mol. The van der Waals surface area contributed by atoms with E-state index in [1.807, 2.05) is 5.32 Å². The minimum absolute atomic E-state index is 0.350. The monoisotopic (exact) mass is 142 g/mol. The summed E-state index contributed by atoms with van der Waals surface area (Å²) in [7, 11) is 3.56. The molecule has 0 radical (unpaired) electrons. The molecular weight excluding hydrogens is 132 g/mol. The Morgan fingerprint density at radius 2 is 2.10 bits per heavy atom. The van der Waals surface area contributed by atoms with E-state index in [9.17, 15) is 9.59 Å². The molecule has 0 aliphatic carbocycles. The van der Waals surface area contributed by atoms with E-state index >= 15 is 0 Å². The van der Waals surface area contributed by atoms with Crippen LogP contribution >= 0.6 is 0 Å². The van der Waals surface area contributed by atoms with E-state index in [4.69, 9.17) is 0 Å². The first-order valence-electron chi connectivity index (χ1n) is 2.75. The molecule has 0 spiro atoms. The smallest absolute Gasteiger partial charge is 0.251 e. The summed E-state index contributed by atoms with van der Waals surface area (Å²) in [5.41, 5.74) is 0. The second-order valence-corrected chi connectivity index (χ2v) is 1.91. The first-order chi connectivity index (χ1) is 4.66. The van der Waals surface area contributed by atoms with Gasteiger partial charge in [-0.1, -0.05) is 0 Å². The van der Waals surface area contributed by atoms with Gasteiger partial charge in [0.05, 0.1) is 0 Å². The van der Waals surface area contributed by atoms with Crippen LogP contribution < -0.4 is 5.32 Å². The molecule has 56 valence electrons. The molecule has 4 nitrogen and oxygen atoms in total. The fourth-order valence-electron chi connectivity index (χ4n) is 0.323. The largest absolute Gasteiger partial charge is 0.383 e. The van der Waals surface area contributed by atoms with Crippen molar-refractivity contribution in [3.05, 3.63) is 12.3 Å². The first kappa shape index (κ1) is 8.68. The molecule has 10 heavy (non-hydrogen) atoms. The normalized spacial score (nSPS) is 9.40. The fourth-order valence-corrected chi connectivity index (χ4v) is 0.323. The second-order valence-electron chi connectivity index (χ2n) is 1.91. The molecular formula is C6H10N2O2. The molecule has 0 aliphatic rings. The van der Waals surface area contributed by atoms with Gasteiger partial charge in [-0.2, -0.15) is 0 Å². The fraction of sp³-hybridized carbons (Fsp3) is 0.333. The number of hydrogen-bond acceptors (Lipinski definition) is 3. The van der Waals surface area contributed by atoms with Crippen molar-refractivity contribution >= 4 is 12.3 Å². The van der Waals surface area contributed by atoms with Crippen molar-refractivity contribution < 1.29 is 9.59 Å². The molecule has 4 heteroatoms. The van der Waals surface area contributed by atoms with Crippen LogP contribution in [0.15, 0.2) is 12.3 Å². The summed E-state index contributed by atoms with van der Waals surface area (Å²) in [5.74, 6) is -0.413. The van der Waals surface area contributed by atoms with E-state index < -0.39 is 5.91 Å². The molecule has 2 amide bonds. The van der Waals surface area contributed by atoms with Crippen LogP contribution in [0.4, 0.5) is 0 Å². The number of carbonyl (C=O) groups is 2. The average Bonchev–Trinajstić information content (AvgIpc) is 1.85. The van der Waals surface area contributed by atoms with Crippen molar-refractivity contribution in [1.29, 1.82) is 0 Å². The third-order valence-corrected chi connectivity index (χ3v) is 0.725. The molecule has 0 fully saturated rings. The maximum atomic E-state index is 10.5. The van der Waals surface area contributed by atoms with Crippen LogP contribution in [0.25, 0.3) is 0 Å². The van der Waals surface area contributed by atoms with Crippen LogP contribution in [0, 0.1) is 0 Å². The number of carbonyl (C=O) groups excluding carboxylic acids is 2. The third-order valence-electron chi connectivity index (χ3n) is 0.725. The van der Waals surface area contributed by atoms with Gasteiger partial charge >= 0.3 is 0 Å². The lowest BCUT2D eigenvalue weighted by Crippen LogP contribution is -2.19. The van der Waals surface area contributed by atoms with Crippen LogP contribution in [-0.4, -0.2) is 31.3 Å². The number of rotatable bonds is 3. The van der Waals surface area contributed by atoms with Crippen LogP contribution in [0.3, 0.4) is 0 Å². The van der Waals surface area contributed by atoms with Crippen molar-refractivity contribution in [1.82, 2.24) is 10.2 Å². The Labute approximate surface area is 59.5 Å². The van der Waals surface area contributed by atoms with E-state index in [0.717, 1.165) is 0 Å². The summed E-state index contributed by atoms with van der Waals surface area (Å²) in [6.45, 7) is 0. The molecule has 0 bridgehead atoms. The molecule has 1 N–H and O–H groups in total. The summed E-state index contributed by atoms with van der Waals surface area (Å²) in [6, 6.07) is 0. The van der Waals surface area contributed by atoms with Crippen LogP contribution in [-0.2, 0) is 9.59 Å². The first-order valence-corrected chi connectivity index (χ1v) is 2.75. The minimum atomic E-state index is -0.413. The summed E-state index contributed by atoms with van der Waals surface area (Å²) in [5, 5.41) is 1.97. The predicted octanol–water partition coefficient (Wildman–Crippen LogP) is -0.666. The van der Waals surface area contributed by atoms with E-state index in [1.165, 1.54) is 6.08 Å². The van der Waals surface area contributed by atoms with Gasteiger partial charge < -0.3 is 4.90 Å². The van der Waals surface area contributed by atoms with Gasteiger partial charge in [-0.3, -0.25) is 14.9 Å². The zero-order valence-corrected chi connectivity index (χ0v) is 6.00. The summed E-state index contributed by atoms with van der Waals surface area (Å²) >= 11 is 0. The highest BCUT2D eigenvalue weighted by Gasteiger charge is 1.89. The van der Waals surface area contributed by atoms with Gasteiger partial charge in [-0.05, 0) is 0 Å². The standard InChI is InChI=1S/C6H10N2O2/c1-8(2)4-3-6(10)7-5-9/h3-5H,1-2H3,(H,7,9,10)/b4-3-. The zero-order chi connectivity index (χ0) is 7.98. The molecule has 0 rings (SSSR count). The van der Waals surface area contributed by atoms with Crippen molar-refractivity contribution in [3.8, 4) is 0 Å². The number of amides is 2. The molecule has 0 aromatic heterocycles. The molecule has 0 heterocycles. The van der Waals surface area contributed by atoms with Gasteiger partial charge in [-0.15, -0.1) is 0 Å². The van der Waals surface area contributed by atoms with Crippen molar-refractivity contribution in [3.63, 3.8) is 0 Å². The quantitative estimate of drug-likeness (QED) is 0.420. The highest BCUT2D eigenvalue weighted by molar-refractivity contribution is 5.94. The summed E-state index contributed by atoms with van der Waals surface area (Å²) in [6.07, 6.45) is 3.18. The summed E-state index contributed by atoms with van der Waals surface area (Å²) < 4.78 is 0. The van der Waals surface area contributed by atoms with E-state index in [2.05, 4.69) is 0 Å². The van der Waals surface area contributed by atoms with E-state index in [0.29, 0.717) is 6.41 Å². The lowest BCUT2D eigenvalue weighted by molar-refractivity contribution is -0.121. The zero-order valence-electron chi connectivity index (χ0n) is 6.00. The van der Waals surface area contributed by atoms with E-state index in [-0.39, 0.29) is 0 Å². The highest BCUT2D eigenvalue weighted by atomic mass is 16.2. The Morgan fingerprint density at radius 1 is 1.50 bits per heavy atom. The lowest BCUT2D eigenvalue weighted by atomic mass is 10.5. The number of hydrogen-bond donors (Lipinski definition) is 1.